The summed E-state index contributed by atoms with van der Waals surface area (Å²) < 4.78 is 22.9. The zero-order valence-electron chi connectivity index (χ0n) is 13.7. The van der Waals surface area contributed by atoms with Crippen molar-refractivity contribution < 1.29 is 8.42 Å². The van der Waals surface area contributed by atoms with Gasteiger partial charge in [0, 0.05) is 31.3 Å². The van der Waals surface area contributed by atoms with Crippen LogP contribution in [0.25, 0.3) is 0 Å². The fourth-order valence-electron chi connectivity index (χ4n) is 2.02. The largest absolute Gasteiger partial charge is 0.356 e. The summed E-state index contributed by atoms with van der Waals surface area (Å²) in [5.41, 5.74) is 0.999. The number of nitrogens with one attached hydrogen (secondary N) is 2. The monoisotopic (exact) mass is 479 g/mol. The van der Waals surface area contributed by atoms with Crippen molar-refractivity contribution in [2.45, 2.75) is 17.9 Å². The van der Waals surface area contributed by atoms with Gasteiger partial charge in [-0.15, -0.1) is 35.3 Å². The van der Waals surface area contributed by atoms with Crippen molar-refractivity contribution in [3.63, 3.8) is 0 Å². The Kier molecular flexibility index (Phi) is 8.71. The van der Waals surface area contributed by atoms with Crippen molar-refractivity contribution in [2.75, 3.05) is 19.8 Å². The number of aliphatic imine (C=N–C) groups is 1. The Labute approximate surface area is 164 Å². The summed E-state index contributed by atoms with van der Waals surface area (Å²) in [7, 11) is -1.42. The van der Waals surface area contributed by atoms with Gasteiger partial charge in [-0.05, 0) is 35.6 Å². The molecular weight excluding hydrogens is 457 g/mol. The van der Waals surface area contributed by atoms with Crippen LogP contribution < -0.4 is 10.6 Å². The maximum atomic E-state index is 11.4. The molecule has 1 aromatic carbocycles. The van der Waals surface area contributed by atoms with Crippen LogP contribution in [0.2, 0.25) is 0 Å². The number of rotatable bonds is 6. The van der Waals surface area contributed by atoms with Crippen molar-refractivity contribution in [3.05, 3.63) is 52.2 Å². The molecule has 132 valence electrons. The zero-order valence-corrected chi connectivity index (χ0v) is 17.6. The van der Waals surface area contributed by atoms with Gasteiger partial charge in [-0.3, -0.25) is 4.99 Å². The first-order chi connectivity index (χ1) is 11.0. The minimum absolute atomic E-state index is 0. The first-order valence-electron chi connectivity index (χ1n) is 7.25. The predicted octanol–water partition coefficient (Wildman–Crippen LogP) is 2.68. The minimum atomic E-state index is -3.14. The average Bonchev–Trinajstić information content (AvgIpc) is 3.03. The van der Waals surface area contributed by atoms with E-state index in [-0.39, 0.29) is 24.0 Å². The molecule has 0 fully saturated rings. The number of hydrogen-bond acceptors (Lipinski definition) is 4. The summed E-state index contributed by atoms with van der Waals surface area (Å²) in [6, 6.07) is 11.0. The van der Waals surface area contributed by atoms with Crippen LogP contribution in [0.3, 0.4) is 0 Å². The second-order valence-electron chi connectivity index (χ2n) is 5.10. The van der Waals surface area contributed by atoms with Crippen LogP contribution in [0.15, 0.2) is 51.7 Å². The third-order valence-corrected chi connectivity index (χ3v) is 5.34. The molecule has 2 aromatic rings. The summed E-state index contributed by atoms with van der Waals surface area (Å²) in [6.45, 7) is 1.40. The van der Waals surface area contributed by atoms with Gasteiger partial charge in [0.05, 0.1) is 4.90 Å². The molecule has 0 aliphatic heterocycles. The smallest absolute Gasteiger partial charge is 0.191 e. The molecule has 0 spiro atoms. The molecule has 0 radical (unpaired) electrons. The van der Waals surface area contributed by atoms with E-state index < -0.39 is 9.84 Å². The van der Waals surface area contributed by atoms with Gasteiger partial charge in [-0.2, -0.15) is 0 Å². The molecule has 0 aliphatic rings. The summed E-state index contributed by atoms with van der Waals surface area (Å²) in [5, 5.41) is 8.55. The predicted molar refractivity (Wildman–Crippen MR) is 111 cm³/mol. The SMILES string of the molecule is CN=C(NCCc1cccs1)NCc1ccc(S(C)(=O)=O)cc1.I. The van der Waals surface area contributed by atoms with E-state index in [1.165, 1.54) is 11.1 Å². The van der Waals surface area contributed by atoms with Crippen LogP contribution >= 0.6 is 35.3 Å². The Bertz CT molecular complexity index is 742. The molecule has 8 heteroatoms. The normalized spacial score (nSPS) is 11.7. The van der Waals surface area contributed by atoms with E-state index in [9.17, 15) is 8.42 Å². The molecule has 1 aromatic heterocycles. The summed E-state index contributed by atoms with van der Waals surface area (Å²) >= 11 is 1.75. The van der Waals surface area contributed by atoms with Crippen molar-refractivity contribution >= 4 is 51.1 Å². The van der Waals surface area contributed by atoms with Crippen LogP contribution in [-0.4, -0.2) is 34.2 Å². The van der Waals surface area contributed by atoms with Crippen molar-refractivity contribution in [1.29, 1.82) is 0 Å². The van der Waals surface area contributed by atoms with Gasteiger partial charge in [-0.25, -0.2) is 8.42 Å². The Morgan fingerprint density at radius 1 is 1.17 bits per heavy atom. The fourth-order valence-corrected chi connectivity index (χ4v) is 3.36. The fraction of sp³-hybridized carbons (Fsp3) is 0.312. The first kappa shape index (κ1) is 20.9. The van der Waals surface area contributed by atoms with Gasteiger partial charge < -0.3 is 10.6 Å². The number of halogens is 1. The highest BCUT2D eigenvalue weighted by atomic mass is 127. The van der Waals surface area contributed by atoms with Crippen LogP contribution in [0.4, 0.5) is 0 Å². The number of sulfone groups is 1. The second kappa shape index (κ2) is 10.00. The quantitative estimate of drug-likeness (QED) is 0.380. The molecule has 2 N–H and O–H groups in total. The molecule has 0 bridgehead atoms. The Morgan fingerprint density at radius 2 is 1.88 bits per heavy atom. The van der Waals surface area contributed by atoms with Crippen molar-refractivity contribution in [1.82, 2.24) is 10.6 Å². The number of thiophene rings is 1. The highest BCUT2D eigenvalue weighted by molar-refractivity contribution is 14.0. The second-order valence-corrected chi connectivity index (χ2v) is 8.15. The van der Waals surface area contributed by atoms with E-state index in [4.69, 9.17) is 0 Å². The van der Waals surface area contributed by atoms with E-state index in [0.29, 0.717) is 11.4 Å². The first-order valence-corrected chi connectivity index (χ1v) is 10.0. The van der Waals surface area contributed by atoms with Crippen LogP contribution in [0, 0.1) is 0 Å². The standard InChI is InChI=1S/C16H21N3O2S2.HI/c1-17-16(18-10-9-14-4-3-11-22-14)19-12-13-5-7-15(8-6-13)23(2,20)21;/h3-8,11H,9-10,12H2,1-2H3,(H2,17,18,19);1H. The molecule has 1 heterocycles. The molecule has 2 rings (SSSR count). The van der Waals surface area contributed by atoms with Gasteiger partial charge in [0.25, 0.3) is 0 Å². The van der Waals surface area contributed by atoms with E-state index in [2.05, 4.69) is 27.1 Å². The van der Waals surface area contributed by atoms with Crippen LogP contribution in [-0.2, 0) is 22.8 Å². The Morgan fingerprint density at radius 3 is 2.42 bits per heavy atom. The number of benzene rings is 1. The Hall–Kier alpha value is -1.13. The topological polar surface area (TPSA) is 70.6 Å². The number of guanidine groups is 1. The summed E-state index contributed by atoms with van der Waals surface area (Å²) in [4.78, 5) is 5.85. The van der Waals surface area contributed by atoms with Gasteiger partial charge in [-0.1, -0.05) is 18.2 Å². The molecule has 0 saturated carbocycles. The molecule has 24 heavy (non-hydrogen) atoms. The van der Waals surface area contributed by atoms with E-state index in [1.54, 1.807) is 30.5 Å². The maximum absolute atomic E-state index is 11.4. The minimum Gasteiger partial charge on any atom is -0.356 e. The molecule has 0 unspecified atom stereocenters. The van der Waals surface area contributed by atoms with Crippen molar-refractivity contribution in [3.8, 4) is 0 Å². The lowest BCUT2D eigenvalue weighted by molar-refractivity contribution is 0.602. The lowest BCUT2D eigenvalue weighted by atomic mass is 10.2. The van der Waals surface area contributed by atoms with Crippen LogP contribution in [0.1, 0.15) is 10.4 Å². The number of hydrogen-bond donors (Lipinski definition) is 2. The van der Waals surface area contributed by atoms with Gasteiger partial charge in [0.2, 0.25) is 0 Å². The Balaban J connectivity index is 0.00000288. The zero-order chi connectivity index (χ0) is 16.7. The van der Waals surface area contributed by atoms with Crippen LogP contribution in [0.5, 0.6) is 0 Å². The molecule has 0 aliphatic carbocycles. The molecular formula is C16H22IN3O2S2. The van der Waals surface area contributed by atoms with E-state index in [1.807, 2.05) is 18.2 Å². The lowest BCUT2D eigenvalue weighted by Gasteiger charge is -2.11. The molecule has 0 saturated heterocycles. The van der Waals surface area contributed by atoms with E-state index in [0.717, 1.165) is 24.5 Å². The van der Waals surface area contributed by atoms with Gasteiger partial charge in [0.15, 0.2) is 15.8 Å². The van der Waals surface area contributed by atoms with Gasteiger partial charge in [0.1, 0.15) is 0 Å². The third-order valence-electron chi connectivity index (χ3n) is 3.28. The highest BCUT2D eigenvalue weighted by Crippen LogP contribution is 2.10. The summed E-state index contributed by atoms with van der Waals surface area (Å²) in [6.07, 6.45) is 2.17. The number of nitrogens with zero attached hydrogens (tertiary/aromatic N) is 1. The third kappa shape index (κ3) is 6.78. The molecule has 5 nitrogen and oxygen atoms in total. The van der Waals surface area contributed by atoms with Gasteiger partial charge >= 0.3 is 0 Å². The molecule has 0 atom stereocenters. The molecule has 0 amide bonds. The van der Waals surface area contributed by atoms with Crippen molar-refractivity contribution in [2.24, 2.45) is 4.99 Å². The average molecular weight is 479 g/mol. The lowest BCUT2D eigenvalue weighted by Crippen LogP contribution is -2.37. The van der Waals surface area contributed by atoms with E-state index >= 15 is 0 Å². The highest BCUT2D eigenvalue weighted by Gasteiger charge is 2.06. The summed E-state index contributed by atoms with van der Waals surface area (Å²) in [5.74, 6) is 0.730. The maximum Gasteiger partial charge on any atom is 0.191 e.